The van der Waals surface area contributed by atoms with Gasteiger partial charge in [-0.05, 0) is 61.6 Å². The van der Waals surface area contributed by atoms with E-state index < -0.39 is 0 Å². The number of nitrogens with zero attached hydrogens (tertiary/aromatic N) is 3. The summed E-state index contributed by atoms with van der Waals surface area (Å²) in [5.41, 5.74) is 3.25. The first-order valence-corrected chi connectivity index (χ1v) is 12.0. The van der Waals surface area contributed by atoms with Gasteiger partial charge in [-0.1, -0.05) is 24.3 Å². The van der Waals surface area contributed by atoms with E-state index in [1.807, 2.05) is 35.2 Å². The Morgan fingerprint density at radius 1 is 1.09 bits per heavy atom. The lowest BCUT2D eigenvalue weighted by Gasteiger charge is -2.22. The lowest BCUT2D eigenvalue weighted by atomic mass is 9.98. The van der Waals surface area contributed by atoms with E-state index >= 15 is 0 Å². The molecule has 0 aromatic heterocycles. The molecule has 0 saturated carbocycles. The van der Waals surface area contributed by atoms with Crippen molar-refractivity contribution in [3.8, 4) is 5.75 Å². The van der Waals surface area contributed by atoms with Gasteiger partial charge >= 0.3 is 6.03 Å². The summed E-state index contributed by atoms with van der Waals surface area (Å²) in [6.07, 6.45) is 3.28. The minimum Gasteiger partial charge on any atom is -0.497 e. The summed E-state index contributed by atoms with van der Waals surface area (Å²) in [6, 6.07) is 16.4. The van der Waals surface area contributed by atoms with Gasteiger partial charge in [0.05, 0.1) is 13.7 Å². The van der Waals surface area contributed by atoms with Gasteiger partial charge < -0.3 is 25.2 Å². The highest BCUT2D eigenvalue weighted by molar-refractivity contribution is 5.89. The van der Waals surface area contributed by atoms with E-state index in [4.69, 9.17) is 9.73 Å². The third kappa shape index (κ3) is 5.97. The topological polar surface area (TPSA) is 69.2 Å². The standard InChI is InChI=1S/C26H35N5O2/c1-3-27-25(31-16-13-22(19-31)21-9-11-24(33-2)12-10-21)28-18-20-7-6-8-23(17-20)29-26(32)30-14-4-5-15-30/h6-12,17,22H,3-5,13-16,18-19H2,1-2H3,(H,27,28)(H,29,32). The van der Waals surface area contributed by atoms with Gasteiger partial charge in [-0.3, -0.25) is 0 Å². The molecule has 2 amide bonds. The maximum Gasteiger partial charge on any atom is 0.321 e. The minimum absolute atomic E-state index is 0.0110. The van der Waals surface area contributed by atoms with Crippen LogP contribution in [-0.4, -0.2) is 61.6 Å². The van der Waals surface area contributed by atoms with E-state index in [-0.39, 0.29) is 6.03 Å². The molecular formula is C26H35N5O2. The van der Waals surface area contributed by atoms with Crippen molar-refractivity contribution in [2.24, 2.45) is 4.99 Å². The summed E-state index contributed by atoms with van der Waals surface area (Å²) in [4.78, 5) is 21.5. The average Bonchev–Trinajstić information content (AvgIpc) is 3.55. The Labute approximate surface area is 196 Å². The molecule has 0 radical (unpaired) electrons. The van der Waals surface area contributed by atoms with Crippen molar-refractivity contribution < 1.29 is 9.53 Å². The molecular weight excluding hydrogens is 414 g/mol. The van der Waals surface area contributed by atoms with E-state index in [0.717, 1.165) is 74.9 Å². The number of aliphatic imine (C=N–C) groups is 1. The van der Waals surface area contributed by atoms with Crippen LogP contribution < -0.4 is 15.4 Å². The molecule has 1 unspecified atom stereocenters. The Kier molecular flexibility index (Phi) is 7.70. The number of nitrogens with one attached hydrogen (secondary N) is 2. The molecule has 2 aliphatic heterocycles. The van der Waals surface area contributed by atoms with Crippen molar-refractivity contribution in [3.63, 3.8) is 0 Å². The molecule has 33 heavy (non-hydrogen) atoms. The first-order valence-electron chi connectivity index (χ1n) is 12.0. The predicted octanol–water partition coefficient (Wildman–Crippen LogP) is 4.28. The number of methoxy groups -OCH3 is 1. The molecule has 176 valence electrons. The summed E-state index contributed by atoms with van der Waals surface area (Å²) >= 11 is 0. The van der Waals surface area contributed by atoms with Crippen molar-refractivity contribution in [2.45, 2.75) is 38.6 Å². The zero-order chi connectivity index (χ0) is 23.0. The maximum absolute atomic E-state index is 12.4. The first-order chi connectivity index (χ1) is 16.2. The Morgan fingerprint density at radius 2 is 1.88 bits per heavy atom. The van der Waals surface area contributed by atoms with Crippen LogP contribution in [0.1, 0.15) is 43.2 Å². The minimum atomic E-state index is -0.0110. The number of hydrogen-bond acceptors (Lipinski definition) is 3. The number of benzene rings is 2. The van der Waals surface area contributed by atoms with Gasteiger partial charge in [0.2, 0.25) is 0 Å². The number of guanidine groups is 1. The van der Waals surface area contributed by atoms with Crippen molar-refractivity contribution in [1.29, 1.82) is 0 Å². The van der Waals surface area contributed by atoms with E-state index in [9.17, 15) is 4.79 Å². The second-order valence-electron chi connectivity index (χ2n) is 8.70. The van der Waals surface area contributed by atoms with Gasteiger partial charge in [0.15, 0.2) is 5.96 Å². The molecule has 7 nitrogen and oxygen atoms in total. The van der Waals surface area contributed by atoms with Crippen LogP contribution in [-0.2, 0) is 6.54 Å². The summed E-state index contributed by atoms with van der Waals surface area (Å²) in [5.74, 6) is 2.33. The van der Waals surface area contributed by atoms with Crippen LogP contribution in [0.15, 0.2) is 53.5 Å². The third-order valence-corrected chi connectivity index (χ3v) is 6.39. The third-order valence-electron chi connectivity index (χ3n) is 6.39. The molecule has 2 aliphatic rings. The van der Waals surface area contributed by atoms with E-state index in [1.54, 1.807) is 7.11 Å². The van der Waals surface area contributed by atoms with Crippen molar-refractivity contribution in [3.05, 3.63) is 59.7 Å². The molecule has 0 spiro atoms. The van der Waals surface area contributed by atoms with Gasteiger partial charge in [-0.2, -0.15) is 0 Å². The second kappa shape index (κ2) is 11.1. The highest BCUT2D eigenvalue weighted by Crippen LogP contribution is 2.28. The van der Waals surface area contributed by atoms with Gasteiger partial charge in [-0.15, -0.1) is 0 Å². The number of hydrogen-bond donors (Lipinski definition) is 2. The van der Waals surface area contributed by atoms with Crippen molar-refractivity contribution in [1.82, 2.24) is 15.1 Å². The summed E-state index contributed by atoms with van der Waals surface area (Å²) in [7, 11) is 1.70. The normalized spacial score (nSPS) is 18.5. The highest BCUT2D eigenvalue weighted by Gasteiger charge is 2.26. The quantitative estimate of drug-likeness (QED) is 0.510. The Hall–Kier alpha value is -3.22. The second-order valence-corrected chi connectivity index (χ2v) is 8.70. The number of anilines is 1. The van der Waals surface area contributed by atoms with Crippen LogP contribution in [0.3, 0.4) is 0 Å². The first kappa shape index (κ1) is 23.0. The largest absolute Gasteiger partial charge is 0.497 e. The predicted molar refractivity (Wildman–Crippen MR) is 133 cm³/mol. The Balaban J connectivity index is 1.38. The van der Waals surface area contributed by atoms with E-state index in [1.165, 1.54) is 5.56 Å². The van der Waals surface area contributed by atoms with E-state index in [2.05, 4.69) is 40.7 Å². The lowest BCUT2D eigenvalue weighted by molar-refractivity contribution is 0.222. The molecule has 2 fully saturated rings. The number of rotatable bonds is 6. The fourth-order valence-corrected chi connectivity index (χ4v) is 4.56. The molecule has 1 atom stereocenters. The molecule has 2 saturated heterocycles. The van der Waals surface area contributed by atoms with Gasteiger partial charge in [0, 0.05) is 44.3 Å². The van der Waals surface area contributed by atoms with Crippen LogP contribution in [0.4, 0.5) is 10.5 Å². The number of carbonyl (C=O) groups is 1. The monoisotopic (exact) mass is 449 g/mol. The van der Waals surface area contributed by atoms with Crippen LogP contribution >= 0.6 is 0 Å². The summed E-state index contributed by atoms with van der Waals surface area (Å²) < 4.78 is 5.29. The lowest BCUT2D eigenvalue weighted by Crippen LogP contribution is -2.40. The number of urea groups is 1. The van der Waals surface area contributed by atoms with Crippen LogP contribution in [0, 0.1) is 0 Å². The molecule has 4 rings (SSSR count). The molecule has 7 heteroatoms. The van der Waals surface area contributed by atoms with Crippen molar-refractivity contribution in [2.75, 3.05) is 45.2 Å². The Morgan fingerprint density at radius 3 is 2.61 bits per heavy atom. The number of carbonyl (C=O) groups excluding carboxylic acids is 1. The smallest absolute Gasteiger partial charge is 0.321 e. The van der Waals surface area contributed by atoms with Gasteiger partial charge in [0.1, 0.15) is 5.75 Å². The molecule has 0 bridgehead atoms. The number of ether oxygens (including phenoxy) is 1. The van der Waals surface area contributed by atoms with Crippen LogP contribution in [0.2, 0.25) is 0 Å². The molecule has 2 aromatic rings. The molecule has 0 aliphatic carbocycles. The summed E-state index contributed by atoms with van der Waals surface area (Å²) in [6.45, 7) is 7.11. The fraction of sp³-hybridized carbons (Fsp3) is 0.462. The Bertz CT molecular complexity index is 953. The molecule has 2 heterocycles. The fourth-order valence-electron chi connectivity index (χ4n) is 4.56. The molecule has 2 N–H and O–H groups in total. The van der Waals surface area contributed by atoms with Crippen LogP contribution in [0.25, 0.3) is 0 Å². The van der Waals surface area contributed by atoms with Gasteiger partial charge in [0.25, 0.3) is 0 Å². The van der Waals surface area contributed by atoms with E-state index in [0.29, 0.717) is 12.5 Å². The SMILES string of the molecule is CCNC(=NCc1cccc(NC(=O)N2CCCC2)c1)N1CCC(c2ccc(OC)cc2)C1. The zero-order valence-corrected chi connectivity index (χ0v) is 19.7. The maximum atomic E-state index is 12.4. The average molecular weight is 450 g/mol. The zero-order valence-electron chi connectivity index (χ0n) is 19.7. The number of likely N-dealkylation sites (tertiary alicyclic amines) is 2. The summed E-state index contributed by atoms with van der Waals surface area (Å²) in [5, 5.41) is 6.48. The van der Waals surface area contributed by atoms with Gasteiger partial charge in [-0.25, -0.2) is 9.79 Å². The van der Waals surface area contributed by atoms with Crippen molar-refractivity contribution >= 4 is 17.7 Å². The van der Waals surface area contributed by atoms with Crippen LogP contribution in [0.5, 0.6) is 5.75 Å². The number of amides is 2. The highest BCUT2D eigenvalue weighted by atomic mass is 16.5. The molecule has 2 aromatic carbocycles.